The van der Waals surface area contributed by atoms with Crippen molar-refractivity contribution in [3.63, 3.8) is 0 Å². The molecule has 0 amide bonds. The normalized spacial score (nSPS) is 28.5. The summed E-state index contributed by atoms with van der Waals surface area (Å²) in [5, 5.41) is 11.6. The Kier molecular flexibility index (Phi) is 7.48. The van der Waals surface area contributed by atoms with Crippen LogP contribution in [-0.4, -0.2) is 28.6 Å². The van der Waals surface area contributed by atoms with E-state index in [4.69, 9.17) is 0 Å². The number of rotatable bonds is 2. The second-order valence-corrected chi connectivity index (χ2v) is 6.91. The molecule has 2 fully saturated rings. The molecule has 1 atom stereocenters. The summed E-state index contributed by atoms with van der Waals surface area (Å²) in [5.41, 5.74) is 0. The molecule has 1 aliphatic carbocycles. The number of nitro groups is 1. The zero-order valence-corrected chi connectivity index (χ0v) is 13.5. The molecule has 0 radical (unpaired) electrons. The molecule has 1 unspecified atom stereocenters. The van der Waals surface area contributed by atoms with Gasteiger partial charge in [-0.1, -0.05) is 57.8 Å². The van der Waals surface area contributed by atoms with E-state index < -0.39 is 6.17 Å². The lowest BCUT2D eigenvalue weighted by atomic mass is 10.0. The van der Waals surface area contributed by atoms with Crippen molar-refractivity contribution in [1.82, 2.24) is 4.90 Å². The highest BCUT2D eigenvalue weighted by atomic mass is 16.6. The summed E-state index contributed by atoms with van der Waals surface area (Å²) in [6.07, 6.45) is 16.3. The van der Waals surface area contributed by atoms with Gasteiger partial charge >= 0.3 is 0 Å². The second kappa shape index (κ2) is 9.39. The molecule has 0 N–H and O–H groups in total. The minimum atomic E-state index is -0.422. The summed E-state index contributed by atoms with van der Waals surface area (Å²) in [6.45, 7) is 0.941. The predicted molar refractivity (Wildman–Crippen MR) is 85.9 cm³/mol. The van der Waals surface area contributed by atoms with E-state index in [2.05, 4.69) is 4.90 Å². The minimum Gasteiger partial charge on any atom is -0.263 e. The minimum absolute atomic E-state index is 0.00202. The van der Waals surface area contributed by atoms with Crippen LogP contribution in [0.1, 0.15) is 89.9 Å². The topological polar surface area (TPSA) is 46.4 Å². The molecule has 2 aliphatic rings. The average molecular weight is 296 g/mol. The summed E-state index contributed by atoms with van der Waals surface area (Å²) in [5.74, 6) is 0. The van der Waals surface area contributed by atoms with Crippen molar-refractivity contribution in [1.29, 1.82) is 0 Å². The van der Waals surface area contributed by atoms with Crippen molar-refractivity contribution in [2.75, 3.05) is 6.54 Å². The Morgan fingerprint density at radius 3 is 1.76 bits per heavy atom. The van der Waals surface area contributed by atoms with Crippen LogP contribution in [0.4, 0.5) is 0 Å². The van der Waals surface area contributed by atoms with Gasteiger partial charge in [-0.25, -0.2) is 4.90 Å². The maximum atomic E-state index is 11.6. The van der Waals surface area contributed by atoms with Crippen LogP contribution >= 0.6 is 0 Å². The van der Waals surface area contributed by atoms with E-state index in [0.717, 1.165) is 25.8 Å². The molecular formula is C17H32N2O2. The molecule has 1 heterocycles. The summed E-state index contributed by atoms with van der Waals surface area (Å²) >= 11 is 0. The SMILES string of the molecule is O=[N+]([O-])C1CCCCCCCN1C1CCCCCCCC1. The lowest BCUT2D eigenvalue weighted by molar-refractivity contribution is -0.554. The second-order valence-electron chi connectivity index (χ2n) is 6.91. The highest BCUT2D eigenvalue weighted by molar-refractivity contribution is 4.77. The van der Waals surface area contributed by atoms with E-state index >= 15 is 0 Å². The van der Waals surface area contributed by atoms with Crippen LogP contribution in [0.25, 0.3) is 0 Å². The molecular weight excluding hydrogens is 264 g/mol. The molecule has 2 rings (SSSR count). The Morgan fingerprint density at radius 1 is 0.714 bits per heavy atom. The van der Waals surface area contributed by atoms with Crippen molar-refractivity contribution >= 4 is 0 Å². The molecule has 21 heavy (non-hydrogen) atoms. The van der Waals surface area contributed by atoms with E-state index in [0.29, 0.717) is 6.04 Å². The van der Waals surface area contributed by atoms with Crippen molar-refractivity contribution in [2.24, 2.45) is 0 Å². The lowest BCUT2D eigenvalue weighted by Gasteiger charge is -2.33. The smallest absolute Gasteiger partial charge is 0.263 e. The fraction of sp³-hybridized carbons (Fsp3) is 1.00. The van der Waals surface area contributed by atoms with Gasteiger partial charge in [-0.15, -0.1) is 0 Å². The van der Waals surface area contributed by atoms with Crippen LogP contribution in [0, 0.1) is 10.1 Å². The van der Waals surface area contributed by atoms with Gasteiger partial charge in [-0.2, -0.15) is 0 Å². The van der Waals surface area contributed by atoms with Crippen LogP contribution in [-0.2, 0) is 0 Å². The van der Waals surface area contributed by atoms with Gasteiger partial charge in [0.25, 0.3) is 6.17 Å². The van der Waals surface area contributed by atoms with E-state index in [1.165, 1.54) is 70.6 Å². The monoisotopic (exact) mass is 296 g/mol. The third-order valence-corrected chi connectivity index (χ3v) is 5.30. The maximum absolute atomic E-state index is 11.6. The Bertz CT molecular complexity index is 299. The molecule has 4 nitrogen and oxygen atoms in total. The largest absolute Gasteiger partial charge is 0.268 e. The average Bonchev–Trinajstić information content (AvgIpc) is 2.68. The van der Waals surface area contributed by atoms with Gasteiger partial charge in [0.2, 0.25) is 0 Å². The zero-order valence-electron chi connectivity index (χ0n) is 13.5. The van der Waals surface area contributed by atoms with Crippen LogP contribution < -0.4 is 0 Å². The number of hydrogen-bond donors (Lipinski definition) is 0. The first-order valence-electron chi connectivity index (χ1n) is 9.18. The van der Waals surface area contributed by atoms with Gasteiger partial charge in [-0.3, -0.25) is 10.1 Å². The van der Waals surface area contributed by atoms with Crippen LogP contribution in [0.5, 0.6) is 0 Å². The Morgan fingerprint density at radius 2 is 1.19 bits per heavy atom. The van der Waals surface area contributed by atoms with Crippen LogP contribution in [0.2, 0.25) is 0 Å². The van der Waals surface area contributed by atoms with Crippen molar-refractivity contribution in [3.8, 4) is 0 Å². The Labute approximate surface area is 129 Å². The quantitative estimate of drug-likeness (QED) is 0.546. The summed E-state index contributed by atoms with van der Waals surface area (Å²) < 4.78 is 0. The van der Waals surface area contributed by atoms with Crippen LogP contribution in [0.15, 0.2) is 0 Å². The van der Waals surface area contributed by atoms with Crippen molar-refractivity contribution in [3.05, 3.63) is 10.1 Å². The predicted octanol–water partition coefficient (Wildman–Crippen LogP) is 4.75. The molecule has 1 aliphatic heterocycles. The van der Waals surface area contributed by atoms with Gasteiger partial charge in [0.05, 0.1) is 0 Å². The molecule has 4 heteroatoms. The number of hydrogen-bond acceptors (Lipinski definition) is 3. The fourth-order valence-electron chi connectivity index (χ4n) is 4.06. The van der Waals surface area contributed by atoms with Crippen molar-refractivity contribution < 1.29 is 4.92 Å². The summed E-state index contributed by atoms with van der Waals surface area (Å²) in [6, 6.07) is 0.455. The molecule has 0 aromatic heterocycles. The maximum Gasteiger partial charge on any atom is 0.268 e. The first kappa shape index (κ1) is 16.7. The van der Waals surface area contributed by atoms with Gasteiger partial charge in [0.15, 0.2) is 0 Å². The fourth-order valence-corrected chi connectivity index (χ4v) is 4.06. The molecule has 0 spiro atoms. The highest BCUT2D eigenvalue weighted by Gasteiger charge is 2.33. The van der Waals surface area contributed by atoms with E-state index in [1.807, 2.05) is 0 Å². The third kappa shape index (κ3) is 5.57. The standard InChI is InChI=1S/C17H32N2O2/c20-19(21)17-14-10-6-3-7-11-15-18(17)16-12-8-4-1-2-5-9-13-16/h16-17H,1-15H2. The first-order chi connectivity index (χ1) is 10.3. The summed E-state index contributed by atoms with van der Waals surface area (Å²) in [7, 11) is 0. The molecule has 0 aromatic rings. The van der Waals surface area contributed by atoms with Gasteiger partial charge in [0, 0.05) is 23.9 Å². The lowest BCUT2D eigenvalue weighted by Crippen LogP contribution is -2.47. The molecule has 0 aromatic carbocycles. The summed E-state index contributed by atoms with van der Waals surface area (Å²) in [4.78, 5) is 13.9. The van der Waals surface area contributed by atoms with Gasteiger partial charge in [-0.05, 0) is 25.7 Å². The van der Waals surface area contributed by atoms with E-state index in [-0.39, 0.29) is 4.92 Å². The van der Waals surface area contributed by atoms with Crippen LogP contribution in [0.3, 0.4) is 0 Å². The van der Waals surface area contributed by atoms with Gasteiger partial charge < -0.3 is 0 Å². The van der Waals surface area contributed by atoms with Gasteiger partial charge in [0.1, 0.15) is 0 Å². The molecule has 1 saturated carbocycles. The van der Waals surface area contributed by atoms with Crippen molar-refractivity contribution in [2.45, 2.75) is 102 Å². The first-order valence-corrected chi connectivity index (χ1v) is 9.18. The Balaban J connectivity index is 2.05. The Hall–Kier alpha value is -0.640. The molecule has 122 valence electrons. The zero-order chi connectivity index (χ0) is 14.9. The van der Waals surface area contributed by atoms with E-state index in [1.54, 1.807) is 0 Å². The highest BCUT2D eigenvalue weighted by Crippen LogP contribution is 2.26. The third-order valence-electron chi connectivity index (χ3n) is 5.30. The van der Waals surface area contributed by atoms with E-state index in [9.17, 15) is 10.1 Å². The number of nitrogens with zero attached hydrogens (tertiary/aromatic N) is 2. The molecule has 0 bridgehead atoms. The molecule has 1 saturated heterocycles.